The van der Waals surface area contributed by atoms with Gasteiger partial charge in [0.2, 0.25) is 5.91 Å². The Kier molecular flexibility index (Phi) is 5.03. The minimum Gasteiger partial charge on any atom is -0.337 e. The molecule has 0 saturated carbocycles. The van der Waals surface area contributed by atoms with Crippen LogP contribution in [0.5, 0.6) is 0 Å². The molecule has 21 heavy (non-hydrogen) atoms. The van der Waals surface area contributed by atoms with Crippen LogP contribution < -0.4 is 0 Å². The van der Waals surface area contributed by atoms with Gasteiger partial charge in [0.15, 0.2) is 9.84 Å². The normalized spacial score (nSPS) is 19.7. The van der Waals surface area contributed by atoms with E-state index in [4.69, 9.17) is 0 Å². The molecular formula is C14H23N3O3S. The number of aryl methyl sites for hydroxylation is 1. The molecule has 1 aliphatic rings. The Morgan fingerprint density at radius 2 is 2.19 bits per heavy atom. The summed E-state index contributed by atoms with van der Waals surface area (Å²) in [5.74, 6) is -0.640. The zero-order valence-corrected chi connectivity index (χ0v) is 13.5. The second-order valence-electron chi connectivity index (χ2n) is 5.65. The number of amides is 1. The number of likely N-dealkylation sites (tertiary alicyclic amines) is 1. The molecule has 0 radical (unpaired) electrons. The highest BCUT2D eigenvalue weighted by Gasteiger charge is 2.29. The van der Waals surface area contributed by atoms with Gasteiger partial charge in [-0.3, -0.25) is 9.48 Å². The van der Waals surface area contributed by atoms with Gasteiger partial charge in [0.05, 0.1) is 18.8 Å². The number of nitrogens with zero attached hydrogens (tertiary/aromatic N) is 3. The van der Waals surface area contributed by atoms with Gasteiger partial charge in [-0.05, 0) is 31.7 Å². The van der Waals surface area contributed by atoms with Gasteiger partial charge in [-0.1, -0.05) is 6.92 Å². The molecule has 1 aliphatic heterocycles. The lowest BCUT2D eigenvalue weighted by Gasteiger charge is -2.35. The Labute approximate surface area is 126 Å². The summed E-state index contributed by atoms with van der Waals surface area (Å²) >= 11 is 0. The van der Waals surface area contributed by atoms with E-state index in [1.54, 1.807) is 18.0 Å². The average Bonchev–Trinajstić information content (AvgIpc) is 2.84. The fourth-order valence-electron chi connectivity index (χ4n) is 2.67. The Balaban J connectivity index is 2.06. The maximum atomic E-state index is 12.3. The molecule has 0 unspecified atom stereocenters. The van der Waals surface area contributed by atoms with Gasteiger partial charge in [-0.2, -0.15) is 5.10 Å². The second-order valence-corrected chi connectivity index (χ2v) is 8.01. The molecule has 2 rings (SSSR count). The van der Waals surface area contributed by atoms with Crippen LogP contribution in [0.25, 0.3) is 0 Å². The van der Waals surface area contributed by atoms with E-state index in [2.05, 4.69) is 5.10 Å². The Morgan fingerprint density at radius 1 is 1.43 bits per heavy atom. The molecule has 1 aromatic heterocycles. The van der Waals surface area contributed by atoms with E-state index in [1.807, 2.05) is 17.8 Å². The highest BCUT2D eigenvalue weighted by molar-refractivity contribution is 7.92. The van der Waals surface area contributed by atoms with Crippen LogP contribution in [-0.4, -0.2) is 53.1 Å². The number of aromatic nitrogens is 2. The summed E-state index contributed by atoms with van der Waals surface area (Å²) in [5.41, 5.74) is 1.08. The van der Waals surface area contributed by atoms with Crippen molar-refractivity contribution in [2.75, 3.05) is 18.1 Å². The number of sulfone groups is 1. The van der Waals surface area contributed by atoms with E-state index in [9.17, 15) is 13.2 Å². The molecule has 0 spiro atoms. The summed E-state index contributed by atoms with van der Waals surface area (Å²) < 4.78 is 25.1. The van der Waals surface area contributed by atoms with Crippen molar-refractivity contribution in [2.24, 2.45) is 0 Å². The first kappa shape index (κ1) is 16.0. The number of rotatable bonds is 5. The molecule has 1 amide bonds. The Hall–Kier alpha value is -1.37. The van der Waals surface area contributed by atoms with Crippen molar-refractivity contribution in [1.82, 2.24) is 14.7 Å². The number of hydrogen-bond acceptors (Lipinski definition) is 4. The summed E-state index contributed by atoms with van der Waals surface area (Å²) in [4.78, 5) is 14.0. The third kappa shape index (κ3) is 4.30. The van der Waals surface area contributed by atoms with Crippen molar-refractivity contribution in [1.29, 1.82) is 0 Å². The smallest absolute Gasteiger partial charge is 0.238 e. The van der Waals surface area contributed by atoms with Gasteiger partial charge >= 0.3 is 0 Å². The number of hydrogen-bond donors (Lipinski definition) is 0. The zero-order chi connectivity index (χ0) is 15.5. The molecule has 1 saturated heterocycles. The molecule has 0 N–H and O–H groups in total. The molecule has 1 aromatic rings. The Bertz CT molecular complexity index is 594. The van der Waals surface area contributed by atoms with E-state index in [0.29, 0.717) is 13.1 Å². The van der Waals surface area contributed by atoms with Crippen molar-refractivity contribution >= 4 is 15.7 Å². The minimum atomic E-state index is -3.27. The molecule has 0 bridgehead atoms. The molecule has 1 fully saturated rings. The summed E-state index contributed by atoms with van der Waals surface area (Å²) in [6.07, 6.45) is 6.63. The predicted molar refractivity (Wildman–Crippen MR) is 80.6 cm³/mol. The van der Waals surface area contributed by atoms with E-state index in [-0.39, 0.29) is 23.5 Å². The fraction of sp³-hybridized carbons (Fsp3) is 0.714. The molecule has 7 heteroatoms. The van der Waals surface area contributed by atoms with Crippen LogP contribution in [0, 0.1) is 6.92 Å². The van der Waals surface area contributed by atoms with Crippen molar-refractivity contribution in [3.05, 3.63) is 18.0 Å². The third-order valence-corrected chi connectivity index (χ3v) is 5.46. The lowest BCUT2D eigenvalue weighted by atomic mass is 10.0. The van der Waals surface area contributed by atoms with Crippen LogP contribution in [-0.2, 0) is 21.2 Å². The maximum Gasteiger partial charge on any atom is 0.238 e. The highest BCUT2D eigenvalue weighted by atomic mass is 32.2. The molecular weight excluding hydrogens is 290 g/mol. The quantitative estimate of drug-likeness (QED) is 0.813. The molecule has 2 heterocycles. The monoisotopic (exact) mass is 313 g/mol. The van der Waals surface area contributed by atoms with E-state index in [0.717, 1.165) is 24.8 Å². The fourth-order valence-corrected chi connectivity index (χ4v) is 3.42. The van der Waals surface area contributed by atoms with E-state index >= 15 is 0 Å². The first-order valence-electron chi connectivity index (χ1n) is 7.40. The number of carbonyl (C=O) groups excluding carboxylic acids is 1. The predicted octanol–water partition coefficient (Wildman–Crippen LogP) is 1.01. The van der Waals surface area contributed by atoms with Crippen molar-refractivity contribution in [3.8, 4) is 0 Å². The molecule has 118 valence electrons. The lowest BCUT2D eigenvalue weighted by Crippen LogP contribution is -2.48. The first-order chi connectivity index (χ1) is 9.91. The first-order valence-corrected chi connectivity index (χ1v) is 9.22. The lowest BCUT2D eigenvalue weighted by molar-refractivity contribution is -0.132. The molecule has 0 aromatic carbocycles. The number of carbonyl (C=O) groups is 1. The van der Waals surface area contributed by atoms with Crippen LogP contribution in [0.1, 0.15) is 31.7 Å². The van der Waals surface area contributed by atoms with Gasteiger partial charge in [0, 0.05) is 18.5 Å². The molecule has 0 aliphatic carbocycles. The van der Waals surface area contributed by atoms with Crippen LogP contribution in [0.3, 0.4) is 0 Å². The van der Waals surface area contributed by atoms with Crippen LogP contribution in [0.4, 0.5) is 0 Å². The Morgan fingerprint density at radius 3 is 2.81 bits per heavy atom. The van der Waals surface area contributed by atoms with Crippen LogP contribution in [0.2, 0.25) is 0 Å². The van der Waals surface area contributed by atoms with E-state index < -0.39 is 9.84 Å². The van der Waals surface area contributed by atoms with Crippen molar-refractivity contribution in [2.45, 2.75) is 45.7 Å². The third-order valence-electron chi connectivity index (χ3n) is 3.89. The van der Waals surface area contributed by atoms with Crippen LogP contribution >= 0.6 is 0 Å². The molecule has 1 atom stereocenters. The molecule has 6 nitrogen and oxygen atoms in total. The average molecular weight is 313 g/mol. The van der Waals surface area contributed by atoms with Crippen molar-refractivity contribution in [3.63, 3.8) is 0 Å². The summed E-state index contributed by atoms with van der Waals surface area (Å²) in [6, 6.07) is 0.0395. The summed E-state index contributed by atoms with van der Waals surface area (Å²) in [7, 11) is -3.27. The maximum absolute atomic E-state index is 12.3. The highest BCUT2D eigenvalue weighted by Crippen LogP contribution is 2.19. The minimum absolute atomic E-state index is 0.00952. The van der Waals surface area contributed by atoms with Gasteiger partial charge < -0.3 is 4.90 Å². The number of piperidine rings is 1. The van der Waals surface area contributed by atoms with Gasteiger partial charge in [0.25, 0.3) is 0 Å². The SMILES string of the molecule is CCS(=O)(=O)CC(=O)N1CCCC[C@@H]1Cn1cc(C)cn1. The van der Waals surface area contributed by atoms with Gasteiger partial charge in [-0.15, -0.1) is 0 Å². The van der Waals surface area contributed by atoms with E-state index in [1.165, 1.54) is 0 Å². The summed E-state index contributed by atoms with van der Waals surface area (Å²) in [6.45, 7) is 4.82. The largest absolute Gasteiger partial charge is 0.337 e. The second kappa shape index (κ2) is 6.60. The standard InChI is InChI=1S/C14H23N3O3S/c1-3-21(19,20)11-14(18)17-7-5-4-6-13(17)10-16-9-12(2)8-15-16/h8-9,13H,3-7,10-11H2,1-2H3/t13-/m1/s1. The summed E-state index contributed by atoms with van der Waals surface area (Å²) in [5, 5.41) is 4.25. The van der Waals surface area contributed by atoms with Gasteiger partial charge in [0.1, 0.15) is 5.75 Å². The topological polar surface area (TPSA) is 72.3 Å². The van der Waals surface area contributed by atoms with Gasteiger partial charge in [-0.25, -0.2) is 8.42 Å². The zero-order valence-electron chi connectivity index (χ0n) is 12.7. The van der Waals surface area contributed by atoms with Crippen molar-refractivity contribution < 1.29 is 13.2 Å². The van der Waals surface area contributed by atoms with Crippen LogP contribution in [0.15, 0.2) is 12.4 Å².